The van der Waals surface area contributed by atoms with Crippen LogP contribution in [0.2, 0.25) is 0 Å². The minimum atomic E-state index is -0.308. The summed E-state index contributed by atoms with van der Waals surface area (Å²) < 4.78 is 16.0. The van der Waals surface area contributed by atoms with Gasteiger partial charge in [-0.3, -0.25) is 0 Å². The zero-order chi connectivity index (χ0) is 15.4. The van der Waals surface area contributed by atoms with E-state index in [4.69, 9.17) is 14.2 Å². The number of carbonyl (C=O) groups is 1. The van der Waals surface area contributed by atoms with Crippen LogP contribution in [-0.2, 0) is 4.74 Å². The number of nitrogens with zero attached hydrogens (tertiary/aromatic N) is 1. The van der Waals surface area contributed by atoms with Gasteiger partial charge < -0.3 is 19.1 Å². The van der Waals surface area contributed by atoms with E-state index in [-0.39, 0.29) is 12.1 Å². The first kappa shape index (κ1) is 15.6. The highest BCUT2D eigenvalue weighted by molar-refractivity contribution is 5.90. The van der Waals surface area contributed by atoms with Crippen molar-refractivity contribution in [3.05, 3.63) is 23.8 Å². The number of methoxy groups -OCH3 is 2. The molecule has 21 heavy (non-hydrogen) atoms. The summed E-state index contributed by atoms with van der Waals surface area (Å²) in [6.45, 7) is 4.01. The fraction of sp³-hybridized carbons (Fsp3) is 0.562. The highest BCUT2D eigenvalue weighted by Crippen LogP contribution is 2.28. The van der Waals surface area contributed by atoms with E-state index >= 15 is 0 Å². The monoisotopic (exact) mass is 293 g/mol. The van der Waals surface area contributed by atoms with Gasteiger partial charge in [0.1, 0.15) is 6.10 Å². The molecular formula is C16H23NO4. The molecule has 5 heteroatoms. The number of rotatable bonds is 4. The second-order valence-electron chi connectivity index (χ2n) is 5.54. The smallest absolute Gasteiger partial charge is 0.338 e. The molecule has 1 heterocycles. The Morgan fingerprint density at radius 2 is 1.95 bits per heavy atom. The second kappa shape index (κ2) is 6.80. The van der Waals surface area contributed by atoms with Gasteiger partial charge in [-0.2, -0.15) is 0 Å². The minimum Gasteiger partial charge on any atom is -0.493 e. The van der Waals surface area contributed by atoms with E-state index in [1.165, 1.54) is 0 Å². The number of benzene rings is 1. The Balaban J connectivity index is 2.06. The van der Waals surface area contributed by atoms with E-state index < -0.39 is 0 Å². The van der Waals surface area contributed by atoms with Crippen LogP contribution in [0, 0.1) is 5.92 Å². The lowest BCUT2D eigenvalue weighted by molar-refractivity contribution is -0.00666. The van der Waals surface area contributed by atoms with Crippen molar-refractivity contribution in [3.63, 3.8) is 0 Å². The first-order chi connectivity index (χ1) is 10.0. The van der Waals surface area contributed by atoms with Crippen molar-refractivity contribution < 1.29 is 19.0 Å². The number of esters is 1. The van der Waals surface area contributed by atoms with Crippen LogP contribution < -0.4 is 9.47 Å². The van der Waals surface area contributed by atoms with Gasteiger partial charge in [0.2, 0.25) is 0 Å². The second-order valence-corrected chi connectivity index (χ2v) is 5.54. The quantitative estimate of drug-likeness (QED) is 0.797. The van der Waals surface area contributed by atoms with Crippen molar-refractivity contribution >= 4 is 5.97 Å². The number of ether oxygens (including phenoxy) is 3. The van der Waals surface area contributed by atoms with Crippen molar-refractivity contribution in [2.24, 2.45) is 5.92 Å². The number of piperidine rings is 1. The normalized spacial score (nSPS) is 22.7. The van der Waals surface area contributed by atoms with Gasteiger partial charge in [0, 0.05) is 19.0 Å². The average molecular weight is 293 g/mol. The SMILES string of the molecule is COc1ccc(C(=O)O[C@H]2CCN(C)C[C@@H]2C)cc1OC. The number of hydrogen-bond donors (Lipinski definition) is 0. The lowest BCUT2D eigenvalue weighted by Gasteiger charge is -2.34. The van der Waals surface area contributed by atoms with Crippen molar-refractivity contribution in [1.82, 2.24) is 4.90 Å². The van der Waals surface area contributed by atoms with Crippen LogP contribution in [0.15, 0.2) is 18.2 Å². The lowest BCUT2D eigenvalue weighted by atomic mass is 9.97. The first-order valence-electron chi connectivity index (χ1n) is 7.16. The summed E-state index contributed by atoms with van der Waals surface area (Å²) in [7, 11) is 5.20. The van der Waals surface area contributed by atoms with E-state index in [9.17, 15) is 4.79 Å². The molecule has 2 atom stereocenters. The summed E-state index contributed by atoms with van der Waals surface area (Å²) in [6, 6.07) is 5.07. The predicted octanol–water partition coefficient (Wildman–Crippen LogP) is 2.20. The molecule has 5 nitrogen and oxygen atoms in total. The molecule has 0 spiro atoms. The van der Waals surface area contributed by atoms with Gasteiger partial charge in [-0.15, -0.1) is 0 Å². The molecule has 116 valence electrons. The van der Waals surface area contributed by atoms with E-state index in [0.717, 1.165) is 19.5 Å². The molecule has 0 N–H and O–H groups in total. The molecule has 0 bridgehead atoms. The van der Waals surface area contributed by atoms with E-state index in [1.54, 1.807) is 32.4 Å². The Bertz CT molecular complexity index is 503. The maximum absolute atomic E-state index is 12.3. The summed E-state index contributed by atoms with van der Waals surface area (Å²) in [5.74, 6) is 1.16. The Labute approximate surface area is 125 Å². The van der Waals surface area contributed by atoms with Crippen LogP contribution in [0.1, 0.15) is 23.7 Å². The molecule has 0 unspecified atom stereocenters. The molecule has 1 aromatic rings. The Kier molecular flexibility index (Phi) is 5.07. The van der Waals surface area contributed by atoms with E-state index in [2.05, 4.69) is 18.9 Å². The zero-order valence-electron chi connectivity index (χ0n) is 13.1. The van der Waals surface area contributed by atoms with Crippen LogP contribution in [0.3, 0.4) is 0 Å². The zero-order valence-corrected chi connectivity index (χ0v) is 13.1. The first-order valence-corrected chi connectivity index (χ1v) is 7.16. The summed E-state index contributed by atoms with van der Waals surface area (Å²) in [4.78, 5) is 14.5. The maximum Gasteiger partial charge on any atom is 0.338 e. The molecule has 1 saturated heterocycles. The van der Waals surface area contributed by atoms with Crippen molar-refractivity contribution in [3.8, 4) is 11.5 Å². The molecule has 0 radical (unpaired) electrons. The van der Waals surface area contributed by atoms with Gasteiger partial charge in [0.05, 0.1) is 19.8 Å². The topological polar surface area (TPSA) is 48.0 Å². The highest BCUT2D eigenvalue weighted by atomic mass is 16.5. The standard InChI is InChI=1S/C16H23NO4/c1-11-10-17(2)8-7-13(11)21-16(18)12-5-6-14(19-3)15(9-12)20-4/h5-6,9,11,13H,7-8,10H2,1-4H3/t11-,13-/m0/s1. The fourth-order valence-electron chi connectivity index (χ4n) is 2.68. The molecule has 2 rings (SSSR count). The third-order valence-electron chi connectivity index (χ3n) is 3.91. The lowest BCUT2D eigenvalue weighted by Crippen LogP contribution is -2.41. The number of hydrogen-bond acceptors (Lipinski definition) is 5. The maximum atomic E-state index is 12.3. The largest absolute Gasteiger partial charge is 0.493 e. The minimum absolute atomic E-state index is 0.0261. The van der Waals surface area contributed by atoms with Crippen LogP contribution in [0.25, 0.3) is 0 Å². The predicted molar refractivity (Wildman–Crippen MR) is 80.0 cm³/mol. The third kappa shape index (κ3) is 3.67. The third-order valence-corrected chi connectivity index (χ3v) is 3.91. The molecule has 0 amide bonds. The fourth-order valence-corrected chi connectivity index (χ4v) is 2.68. The molecule has 0 saturated carbocycles. The van der Waals surface area contributed by atoms with Crippen LogP contribution in [0.4, 0.5) is 0 Å². The Morgan fingerprint density at radius 1 is 1.24 bits per heavy atom. The average Bonchev–Trinajstić information content (AvgIpc) is 2.49. The molecule has 0 aromatic heterocycles. The molecule has 0 aliphatic carbocycles. The number of likely N-dealkylation sites (tertiary alicyclic amines) is 1. The molecule has 1 aliphatic heterocycles. The Hall–Kier alpha value is -1.75. The summed E-state index contributed by atoms with van der Waals surface area (Å²) in [5, 5.41) is 0. The van der Waals surface area contributed by atoms with Gasteiger partial charge in [-0.25, -0.2) is 4.79 Å². The van der Waals surface area contributed by atoms with Crippen LogP contribution in [-0.4, -0.2) is 51.3 Å². The Morgan fingerprint density at radius 3 is 2.57 bits per heavy atom. The highest BCUT2D eigenvalue weighted by Gasteiger charge is 2.27. The molecule has 1 fully saturated rings. The molecule has 1 aliphatic rings. The van der Waals surface area contributed by atoms with E-state index in [0.29, 0.717) is 23.0 Å². The van der Waals surface area contributed by atoms with Crippen LogP contribution in [0.5, 0.6) is 11.5 Å². The summed E-state index contributed by atoms with van der Waals surface area (Å²) >= 11 is 0. The molecular weight excluding hydrogens is 270 g/mol. The van der Waals surface area contributed by atoms with Crippen LogP contribution >= 0.6 is 0 Å². The van der Waals surface area contributed by atoms with Crippen molar-refractivity contribution in [1.29, 1.82) is 0 Å². The van der Waals surface area contributed by atoms with Gasteiger partial charge in [-0.1, -0.05) is 6.92 Å². The van der Waals surface area contributed by atoms with Gasteiger partial charge in [-0.05, 0) is 31.7 Å². The van der Waals surface area contributed by atoms with Gasteiger partial charge >= 0.3 is 5.97 Å². The van der Waals surface area contributed by atoms with E-state index in [1.807, 2.05) is 0 Å². The summed E-state index contributed by atoms with van der Waals surface area (Å²) in [5.41, 5.74) is 0.485. The van der Waals surface area contributed by atoms with Gasteiger partial charge in [0.15, 0.2) is 11.5 Å². The van der Waals surface area contributed by atoms with Crippen molar-refractivity contribution in [2.45, 2.75) is 19.4 Å². The van der Waals surface area contributed by atoms with Crippen molar-refractivity contribution in [2.75, 3.05) is 34.4 Å². The molecule has 1 aromatic carbocycles. The number of carbonyl (C=O) groups excluding carboxylic acids is 1. The summed E-state index contributed by atoms with van der Waals surface area (Å²) in [6.07, 6.45) is 0.846. The van der Waals surface area contributed by atoms with Gasteiger partial charge in [0.25, 0.3) is 0 Å².